The molecule has 190 valence electrons. The molecular formula is C26H25ClN6O4. The van der Waals surface area contributed by atoms with Gasteiger partial charge in [-0.05, 0) is 35.9 Å². The number of morpholine rings is 1. The van der Waals surface area contributed by atoms with Crippen molar-refractivity contribution in [2.45, 2.75) is 12.5 Å². The van der Waals surface area contributed by atoms with E-state index >= 15 is 0 Å². The molecule has 1 saturated heterocycles. The van der Waals surface area contributed by atoms with Gasteiger partial charge in [-0.3, -0.25) is 9.59 Å². The summed E-state index contributed by atoms with van der Waals surface area (Å²) in [5.41, 5.74) is 8.40. The van der Waals surface area contributed by atoms with Gasteiger partial charge in [0.25, 0.3) is 5.91 Å². The van der Waals surface area contributed by atoms with Crippen molar-refractivity contribution in [2.75, 3.05) is 38.6 Å². The fourth-order valence-corrected chi connectivity index (χ4v) is 4.41. The van der Waals surface area contributed by atoms with Gasteiger partial charge in [0.1, 0.15) is 17.7 Å². The first-order valence-electron chi connectivity index (χ1n) is 11.8. The Morgan fingerprint density at radius 1 is 1.14 bits per heavy atom. The van der Waals surface area contributed by atoms with Gasteiger partial charge in [0.15, 0.2) is 5.82 Å². The molecule has 3 aromatic rings. The van der Waals surface area contributed by atoms with Crippen molar-refractivity contribution in [2.24, 2.45) is 0 Å². The Labute approximate surface area is 218 Å². The van der Waals surface area contributed by atoms with Crippen molar-refractivity contribution >= 4 is 35.3 Å². The van der Waals surface area contributed by atoms with E-state index in [9.17, 15) is 9.59 Å². The van der Waals surface area contributed by atoms with E-state index in [0.717, 1.165) is 16.7 Å². The average Bonchev–Trinajstić information content (AvgIpc) is 3.35. The molecule has 2 aromatic heterocycles. The summed E-state index contributed by atoms with van der Waals surface area (Å²) in [7, 11) is 0. The lowest BCUT2D eigenvalue weighted by atomic mass is 10.1. The van der Waals surface area contributed by atoms with Crippen LogP contribution in [0.4, 0.5) is 5.82 Å². The fraction of sp³-hybridized carbons (Fsp3) is 0.269. The second-order valence-corrected chi connectivity index (χ2v) is 9.09. The van der Waals surface area contributed by atoms with Gasteiger partial charge < -0.3 is 25.4 Å². The summed E-state index contributed by atoms with van der Waals surface area (Å²) in [6.07, 6.45) is 8.07. The number of nitrogens with one attached hydrogen (secondary N) is 1. The topological polar surface area (TPSA) is 133 Å². The van der Waals surface area contributed by atoms with Crippen molar-refractivity contribution in [3.63, 3.8) is 0 Å². The summed E-state index contributed by atoms with van der Waals surface area (Å²) in [5.74, 6) is 1.11. The van der Waals surface area contributed by atoms with Crippen LogP contribution in [0.15, 0.2) is 48.9 Å². The van der Waals surface area contributed by atoms with E-state index in [4.69, 9.17) is 26.8 Å². The number of nitrogens with two attached hydrogens (primary N) is 1. The summed E-state index contributed by atoms with van der Waals surface area (Å²) in [4.78, 5) is 39.4. The first kappa shape index (κ1) is 24.7. The monoisotopic (exact) mass is 520 g/mol. The SMILES string of the molecule is Nc1ccc(/C=C/C(=O)NCC2Cc3cc(-c4ncc(C(=O)N5CCOCC5)cn4)cc(Cl)c3O2)cn1. The van der Waals surface area contributed by atoms with E-state index in [0.29, 0.717) is 67.2 Å². The number of rotatable bonds is 6. The Bertz CT molecular complexity index is 1320. The minimum absolute atomic E-state index is 0.111. The highest BCUT2D eigenvalue weighted by Gasteiger charge is 2.27. The molecule has 2 aliphatic heterocycles. The number of anilines is 1. The maximum atomic E-state index is 12.6. The molecule has 1 atom stereocenters. The highest BCUT2D eigenvalue weighted by Crippen LogP contribution is 2.39. The molecule has 2 aliphatic rings. The van der Waals surface area contributed by atoms with Gasteiger partial charge in [-0.2, -0.15) is 0 Å². The molecular weight excluding hydrogens is 496 g/mol. The lowest BCUT2D eigenvalue weighted by molar-refractivity contribution is -0.116. The molecule has 2 amide bonds. The van der Waals surface area contributed by atoms with E-state index < -0.39 is 0 Å². The van der Waals surface area contributed by atoms with Crippen LogP contribution in [0.3, 0.4) is 0 Å². The number of benzene rings is 1. The second-order valence-electron chi connectivity index (χ2n) is 8.69. The van der Waals surface area contributed by atoms with Crippen LogP contribution >= 0.6 is 11.6 Å². The average molecular weight is 521 g/mol. The third kappa shape index (κ3) is 5.87. The van der Waals surface area contributed by atoms with Crippen LogP contribution in [-0.2, 0) is 16.0 Å². The third-order valence-corrected chi connectivity index (χ3v) is 6.33. The van der Waals surface area contributed by atoms with Crippen LogP contribution in [0.2, 0.25) is 5.02 Å². The number of fused-ring (bicyclic) bond motifs is 1. The molecule has 0 saturated carbocycles. The summed E-state index contributed by atoms with van der Waals surface area (Å²) >= 11 is 6.50. The number of pyridine rings is 1. The molecule has 1 fully saturated rings. The number of nitrogen functional groups attached to an aromatic ring is 1. The Hall–Kier alpha value is -4.02. The van der Waals surface area contributed by atoms with Crippen LogP contribution in [0.5, 0.6) is 5.75 Å². The number of carbonyl (C=O) groups is 2. The lowest BCUT2D eigenvalue weighted by Crippen LogP contribution is -2.40. The van der Waals surface area contributed by atoms with Gasteiger partial charge in [0, 0.05) is 55.3 Å². The highest BCUT2D eigenvalue weighted by molar-refractivity contribution is 6.32. The van der Waals surface area contributed by atoms with Gasteiger partial charge in [-0.25, -0.2) is 15.0 Å². The molecule has 3 N–H and O–H groups in total. The van der Waals surface area contributed by atoms with Crippen LogP contribution in [-0.4, -0.2) is 70.6 Å². The number of nitrogens with zero attached hydrogens (tertiary/aromatic N) is 4. The van der Waals surface area contributed by atoms with E-state index in [-0.39, 0.29) is 17.9 Å². The third-order valence-electron chi connectivity index (χ3n) is 6.05. The van der Waals surface area contributed by atoms with Crippen molar-refractivity contribution in [3.8, 4) is 17.1 Å². The van der Waals surface area contributed by atoms with Crippen molar-refractivity contribution in [1.82, 2.24) is 25.2 Å². The van der Waals surface area contributed by atoms with Crippen LogP contribution < -0.4 is 15.8 Å². The van der Waals surface area contributed by atoms with Crippen LogP contribution in [0.25, 0.3) is 17.5 Å². The maximum Gasteiger partial charge on any atom is 0.257 e. The number of aromatic nitrogens is 3. The van der Waals surface area contributed by atoms with E-state index in [1.165, 1.54) is 18.5 Å². The van der Waals surface area contributed by atoms with Gasteiger partial charge >= 0.3 is 0 Å². The standard InChI is InChI=1S/C26H25ClN6O4/c27-21-11-18(25-31-13-19(14-32-25)26(35)33-5-7-36-8-6-33)9-17-10-20(37-24(17)21)15-30-23(34)4-2-16-1-3-22(28)29-12-16/h1-4,9,11-14,20H,5-8,10,15H2,(H2,28,29)(H,30,34)/b4-2+. The van der Waals surface area contributed by atoms with Gasteiger partial charge in [0.05, 0.1) is 30.3 Å². The Kier molecular flexibility index (Phi) is 7.29. The largest absolute Gasteiger partial charge is 0.486 e. The molecule has 0 spiro atoms. The molecule has 5 rings (SSSR count). The molecule has 0 radical (unpaired) electrons. The van der Waals surface area contributed by atoms with Gasteiger partial charge in [0.2, 0.25) is 5.91 Å². The molecule has 1 unspecified atom stereocenters. The quantitative estimate of drug-likeness (QED) is 0.473. The normalized spacial score (nSPS) is 16.9. The number of ether oxygens (including phenoxy) is 2. The van der Waals surface area contributed by atoms with E-state index in [1.54, 1.807) is 35.4 Å². The summed E-state index contributed by atoms with van der Waals surface area (Å²) in [6, 6.07) is 7.12. The van der Waals surface area contributed by atoms with Gasteiger partial charge in [-0.1, -0.05) is 11.6 Å². The Balaban J connectivity index is 1.19. The summed E-state index contributed by atoms with van der Waals surface area (Å²) < 4.78 is 11.3. The minimum atomic E-state index is -0.257. The number of carbonyl (C=O) groups excluding carboxylic acids is 2. The lowest BCUT2D eigenvalue weighted by Gasteiger charge is -2.26. The Morgan fingerprint density at radius 3 is 2.65 bits per heavy atom. The zero-order chi connectivity index (χ0) is 25.8. The maximum absolute atomic E-state index is 12.6. The van der Waals surface area contributed by atoms with Crippen molar-refractivity contribution < 1.29 is 19.1 Å². The van der Waals surface area contributed by atoms with Crippen molar-refractivity contribution in [1.29, 1.82) is 0 Å². The fourth-order valence-electron chi connectivity index (χ4n) is 4.13. The minimum Gasteiger partial charge on any atom is -0.486 e. The molecule has 0 bridgehead atoms. The van der Waals surface area contributed by atoms with Crippen LogP contribution in [0.1, 0.15) is 21.5 Å². The number of hydrogen-bond donors (Lipinski definition) is 2. The molecule has 4 heterocycles. The van der Waals surface area contributed by atoms with E-state index in [1.807, 2.05) is 6.07 Å². The van der Waals surface area contributed by atoms with Gasteiger partial charge in [-0.15, -0.1) is 0 Å². The zero-order valence-electron chi connectivity index (χ0n) is 19.9. The van der Waals surface area contributed by atoms with Crippen molar-refractivity contribution in [3.05, 3.63) is 70.6 Å². The van der Waals surface area contributed by atoms with E-state index in [2.05, 4.69) is 20.3 Å². The molecule has 37 heavy (non-hydrogen) atoms. The summed E-state index contributed by atoms with van der Waals surface area (Å²) in [6.45, 7) is 2.49. The zero-order valence-corrected chi connectivity index (χ0v) is 20.6. The first-order valence-corrected chi connectivity index (χ1v) is 12.2. The number of hydrogen-bond acceptors (Lipinski definition) is 8. The van der Waals surface area contributed by atoms with Crippen LogP contribution in [0, 0.1) is 0 Å². The number of halogens is 1. The molecule has 10 nitrogen and oxygen atoms in total. The second kappa shape index (κ2) is 10.9. The molecule has 1 aromatic carbocycles. The molecule has 11 heteroatoms. The predicted octanol–water partition coefficient (Wildman–Crippen LogP) is 2.38. The first-order chi connectivity index (χ1) is 18.0. The molecule has 0 aliphatic carbocycles. The smallest absolute Gasteiger partial charge is 0.257 e. The summed E-state index contributed by atoms with van der Waals surface area (Å²) in [5, 5.41) is 3.28. The highest BCUT2D eigenvalue weighted by atomic mass is 35.5. The Morgan fingerprint density at radius 2 is 1.92 bits per heavy atom. The number of amides is 2. The predicted molar refractivity (Wildman–Crippen MR) is 138 cm³/mol.